The molecule has 2 rings (SSSR count). The van der Waals surface area contributed by atoms with Crippen molar-refractivity contribution in [3.05, 3.63) is 40.7 Å². The van der Waals surface area contributed by atoms with Crippen molar-refractivity contribution in [3.8, 4) is 0 Å². The quantitative estimate of drug-likeness (QED) is 0.772. The number of hydrogen-bond donors (Lipinski definition) is 2. The van der Waals surface area contributed by atoms with Crippen LogP contribution in [0.15, 0.2) is 28.8 Å². The summed E-state index contributed by atoms with van der Waals surface area (Å²) in [5, 5.41) is 9.62. The molecule has 7 heteroatoms. The van der Waals surface area contributed by atoms with Crippen molar-refractivity contribution in [2.75, 3.05) is 10.6 Å². The van der Waals surface area contributed by atoms with E-state index in [0.29, 0.717) is 35.8 Å². The summed E-state index contributed by atoms with van der Waals surface area (Å²) in [7, 11) is 0. The minimum Gasteiger partial charge on any atom is -0.344 e. The summed E-state index contributed by atoms with van der Waals surface area (Å²) in [4.78, 5) is 23.8. The lowest BCUT2D eigenvalue weighted by atomic mass is 10.1. The fraction of sp³-hybridized carbons (Fsp3) is 0.389. The summed E-state index contributed by atoms with van der Waals surface area (Å²) in [6.45, 7) is 5.77. The first-order chi connectivity index (χ1) is 11.8. The van der Waals surface area contributed by atoms with Gasteiger partial charge in [0.25, 0.3) is 0 Å². The Bertz CT molecular complexity index is 719. The third-order valence-corrected chi connectivity index (χ3v) is 3.88. The first-order valence-corrected chi connectivity index (χ1v) is 8.53. The van der Waals surface area contributed by atoms with Gasteiger partial charge < -0.3 is 15.2 Å². The fourth-order valence-corrected chi connectivity index (χ4v) is 2.59. The van der Waals surface area contributed by atoms with Gasteiger partial charge in [-0.25, -0.2) is 0 Å². The highest BCUT2D eigenvalue weighted by Crippen LogP contribution is 2.21. The largest absolute Gasteiger partial charge is 0.344 e. The van der Waals surface area contributed by atoms with Crippen LogP contribution in [0.2, 0.25) is 5.22 Å². The van der Waals surface area contributed by atoms with Gasteiger partial charge in [-0.2, -0.15) is 0 Å². The summed E-state index contributed by atoms with van der Waals surface area (Å²) < 4.78 is 4.86. The maximum absolute atomic E-state index is 12.0. The van der Waals surface area contributed by atoms with Gasteiger partial charge in [-0.1, -0.05) is 19.0 Å². The van der Waals surface area contributed by atoms with E-state index in [0.717, 1.165) is 5.56 Å². The summed E-state index contributed by atoms with van der Waals surface area (Å²) in [5.41, 5.74) is 2.81. The summed E-state index contributed by atoms with van der Waals surface area (Å²) in [6.07, 6.45) is 1.21. The van der Waals surface area contributed by atoms with E-state index in [9.17, 15) is 9.59 Å². The standard InChI is InChI=1S/C18H22ClN3O3/c1-11(2)10-17(24)21-14-6-4-13(5-7-14)20-16(23)9-8-15-12(3)22-25-18(15)19/h4-7,11H,8-10H2,1-3H3,(H,20,23)(H,21,24). The number of aromatic nitrogens is 1. The summed E-state index contributed by atoms with van der Waals surface area (Å²) in [6, 6.07) is 7.02. The predicted molar refractivity (Wildman–Crippen MR) is 97.7 cm³/mol. The maximum atomic E-state index is 12.0. The molecular formula is C18H22ClN3O3. The highest BCUT2D eigenvalue weighted by molar-refractivity contribution is 6.29. The molecule has 25 heavy (non-hydrogen) atoms. The Kier molecular flexibility index (Phi) is 6.58. The highest BCUT2D eigenvalue weighted by atomic mass is 35.5. The smallest absolute Gasteiger partial charge is 0.229 e. The number of nitrogens with zero attached hydrogens (tertiary/aromatic N) is 1. The molecule has 0 aliphatic rings. The molecule has 6 nitrogen and oxygen atoms in total. The zero-order valence-corrected chi connectivity index (χ0v) is 15.3. The van der Waals surface area contributed by atoms with Crippen LogP contribution < -0.4 is 10.6 Å². The first kappa shape index (κ1) is 19.0. The average molecular weight is 364 g/mol. The topological polar surface area (TPSA) is 84.2 Å². The number of carbonyl (C=O) groups excluding carboxylic acids is 2. The summed E-state index contributed by atoms with van der Waals surface area (Å²) >= 11 is 5.88. The van der Waals surface area contributed by atoms with Crippen molar-refractivity contribution < 1.29 is 14.1 Å². The van der Waals surface area contributed by atoms with Crippen molar-refractivity contribution in [3.63, 3.8) is 0 Å². The Labute approximate surface area is 151 Å². The molecule has 0 aliphatic heterocycles. The average Bonchev–Trinajstić information content (AvgIpc) is 2.85. The van der Waals surface area contributed by atoms with Crippen LogP contribution in [0.1, 0.15) is 37.9 Å². The molecule has 0 spiro atoms. The zero-order valence-electron chi connectivity index (χ0n) is 14.6. The van der Waals surface area contributed by atoms with E-state index in [4.69, 9.17) is 16.1 Å². The highest BCUT2D eigenvalue weighted by Gasteiger charge is 2.13. The van der Waals surface area contributed by atoms with Crippen LogP contribution in [0.3, 0.4) is 0 Å². The van der Waals surface area contributed by atoms with Gasteiger partial charge in [0.15, 0.2) is 0 Å². The van der Waals surface area contributed by atoms with Gasteiger partial charge >= 0.3 is 0 Å². The zero-order chi connectivity index (χ0) is 18.4. The fourth-order valence-electron chi connectivity index (χ4n) is 2.32. The number of hydrogen-bond acceptors (Lipinski definition) is 4. The lowest BCUT2D eigenvalue weighted by molar-refractivity contribution is -0.117. The number of rotatable bonds is 7. The van der Waals surface area contributed by atoms with Gasteiger partial charge in [-0.05, 0) is 55.1 Å². The lowest BCUT2D eigenvalue weighted by Crippen LogP contribution is -2.14. The van der Waals surface area contributed by atoms with Gasteiger partial charge in [0.1, 0.15) is 0 Å². The van der Waals surface area contributed by atoms with E-state index in [-0.39, 0.29) is 23.5 Å². The van der Waals surface area contributed by atoms with Crippen LogP contribution in [-0.2, 0) is 16.0 Å². The Morgan fingerprint density at radius 1 is 1.12 bits per heavy atom. The second-order valence-electron chi connectivity index (χ2n) is 6.29. The van der Waals surface area contributed by atoms with Crippen LogP contribution in [0.4, 0.5) is 11.4 Å². The molecule has 0 radical (unpaired) electrons. The Balaban J connectivity index is 1.84. The third kappa shape index (κ3) is 5.90. The molecule has 0 unspecified atom stereocenters. The van der Waals surface area contributed by atoms with Crippen molar-refractivity contribution in [1.82, 2.24) is 5.16 Å². The molecule has 2 N–H and O–H groups in total. The number of anilines is 2. The number of benzene rings is 1. The number of nitrogens with one attached hydrogen (secondary N) is 2. The SMILES string of the molecule is Cc1noc(Cl)c1CCC(=O)Nc1ccc(NC(=O)CC(C)C)cc1. The van der Waals surface area contributed by atoms with Crippen LogP contribution >= 0.6 is 11.6 Å². The molecule has 0 saturated carbocycles. The van der Waals surface area contributed by atoms with Gasteiger partial charge in [0.05, 0.1) is 5.69 Å². The number of carbonyl (C=O) groups is 2. The van der Waals surface area contributed by atoms with E-state index in [1.807, 2.05) is 13.8 Å². The molecule has 134 valence electrons. The van der Waals surface area contributed by atoms with E-state index >= 15 is 0 Å². The summed E-state index contributed by atoms with van der Waals surface area (Å²) in [5.74, 6) is 0.155. The third-order valence-electron chi connectivity index (χ3n) is 3.58. The van der Waals surface area contributed by atoms with Crippen molar-refractivity contribution in [1.29, 1.82) is 0 Å². The van der Waals surface area contributed by atoms with E-state index in [1.165, 1.54) is 0 Å². The molecule has 1 heterocycles. The predicted octanol–water partition coefficient (Wildman–Crippen LogP) is 4.19. The van der Waals surface area contributed by atoms with Crippen LogP contribution in [0.25, 0.3) is 0 Å². The monoisotopic (exact) mass is 363 g/mol. The van der Waals surface area contributed by atoms with Gasteiger partial charge in [-0.3, -0.25) is 9.59 Å². The van der Waals surface area contributed by atoms with Gasteiger partial charge in [0.2, 0.25) is 17.0 Å². The lowest BCUT2D eigenvalue weighted by Gasteiger charge is -2.09. The second kappa shape index (κ2) is 8.67. The van der Waals surface area contributed by atoms with E-state index in [2.05, 4.69) is 15.8 Å². The molecule has 0 atom stereocenters. The molecule has 0 bridgehead atoms. The minimum absolute atomic E-state index is 0.0206. The number of halogens is 1. The number of aryl methyl sites for hydroxylation is 1. The normalized spacial score (nSPS) is 10.8. The van der Waals surface area contributed by atoms with Gasteiger partial charge in [-0.15, -0.1) is 0 Å². The van der Waals surface area contributed by atoms with Crippen molar-refractivity contribution in [2.24, 2.45) is 5.92 Å². The van der Waals surface area contributed by atoms with E-state index in [1.54, 1.807) is 31.2 Å². The molecular weight excluding hydrogens is 342 g/mol. The molecule has 2 aromatic rings. The molecule has 1 aromatic heterocycles. The Hall–Kier alpha value is -2.34. The van der Waals surface area contributed by atoms with Crippen molar-refractivity contribution >= 4 is 34.8 Å². The first-order valence-electron chi connectivity index (χ1n) is 8.15. The van der Waals surface area contributed by atoms with Crippen LogP contribution in [0, 0.1) is 12.8 Å². The molecule has 0 saturated heterocycles. The molecule has 0 aliphatic carbocycles. The van der Waals surface area contributed by atoms with Crippen LogP contribution in [0.5, 0.6) is 0 Å². The molecule has 1 aromatic carbocycles. The Morgan fingerprint density at radius 3 is 2.16 bits per heavy atom. The van der Waals surface area contributed by atoms with Crippen LogP contribution in [-0.4, -0.2) is 17.0 Å². The van der Waals surface area contributed by atoms with E-state index < -0.39 is 0 Å². The molecule has 0 fully saturated rings. The Morgan fingerprint density at radius 2 is 1.68 bits per heavy atom. The molecule has 2 amide bonds. The van der Waals surface area contributed by atoms with Crippen molar-refractivity contribution in [2.45, 2.75) is 40.0 Å². The second-order valence-corrected chi connectivity index (χ2v) is 6.64. The van der Waals surface area contributed by atoms with Gasteiger partial charge in [0, 0.05) is 29.8 Å². The minimum atomic E-state index is -0.131. The maximum Gasteiger partial charge on any atom is 0.229 e. The number of amides is 2.